The molecule has 0 radical (unpaired) electrons. The second kappa shape index (κ2) is 11.0. The number of aromatic hydroxyl groups is 1. The van der Waals surface area contributed by atoms with Gasteiger partial charge in [-0.2, -0.15) is 0 Å². The first-order chi connectivity index (χ1) is 15.9. The van der Waals surface area contributed by atoms with Crippen molar-refractivity contribution in [3.63, 3.8) is 0 Å². The molecular weight excluding hydrogens is 506 g/mol. The maximum Gasteiger partial charge on any atom is 0.205 e. The van der Waals surface area contributed by atoms with Crippen molar-refractivity contribution < 1.29 is 15.0 Å². The molecule has 0 fully saturated rings. The monoisotopic (exact) mass is 543 g/mol. The first-order valence-electron chi connectivity index (χ1n) is 11.6. The van der Waals surface area contributed by atoms with E-state index in [2.05, 4.69) is 4.99 Å². The highest BCUT2D eigenvalue weighted by molar-refractivity contribution is 8.93. The quantitative estimate of drug-likeness (QED) is 0.423. The molecule has 0 saturated carbocycles. The van der Waals surface area contributed by atoms with Crippen LogP contribution in [0.4, 0.5) is 0 Å². The van der Waals surface area contributed by atoms with Gasteiger partial charge in [-0.25, -0.2) is 0 Å². The fraction of sp³-hybridized carbons (Fsp3) is 0.429. The van der Waals surface area contributed by atoms with Gasteiger partial charge in [0, 0.05) is 29.9 Å². The Morgan fingerprint density at radius 3 is 1.97 bits per heavy atom. The normalized spacial score (nSPS) is 12.5. The lowest BCUT2D eigenvalue weighted by Crippen LogP contribution is -2.29. The van der Waals surface area contributed by atoms with Crippen molar-refractivity contribution in [3.8, 4) is 5.75 Å². The predicted molar refractivity (Wildman–Crippen MR) is 146 cm³/mol. The van der Waals surface area contributed by atoms with Crippen LogP contribution in [-0.4, -0.2) is 32.2 Å². The zero-order chi connectivity index (χ0) is 25.3. The van der Waals surface area contributed by atoms with Crippen LogP contribution in [0.3, 0.4) is 0 Å². The third-order valence-electron chi connectivity index (χ3n) is 6.06. The largest absolute Gasteiger partial charge is 0.507 e. The number of hydrogen-bond donors (Lipinski definition) is 2. The number of imidazole rings is 1. The van der Waals surface area contributed by atoms with E-state index in [0.29, 0.717) is 23.4 Å². The van der Waals surface area contributed by atoms with Gasteiger partial charge in [0.05, 0.1) is 25.4 Å². The number of phenolic OH excluding ortho intramolecular Hbond substituents is 1. The second-order valence-electron chi connectivity index (χ2n) is 10.8. The lowest BCUT2D eigenvalue weighted by atomic mass is 9.78. The Balaban J connectivity index is 0.00000432. The molecule has 3 aromatic rings. The minimum atomic E-state index is -0.319. The summed E-state index contributed by atoms with van der Waals surface area (Å²) in [6.45, 7) is 12.7. The summed E-state index contributed by atoms with van der Waals surface area (Å²) in [7, 11) is 1.69. The minimum Gasteiger partial charge on any atom is -0.507 e. The summed E-state index contributed by atoms with van der Waals surface area (Å²) in [5.41, 5.74) is 3.82. The molecule has 1 aromatic heterocycles. The first kappa shape index (κ1) is 28.6. The van der Waals surface area contributed by atoms with Gasteiger partial charge in [0.25, 0.3) is 0 Å². The smallest absolute Gasteiger partial charge is 0.205 e. The maximum atomic E-state index is 13.5. The second-order valence-corrected chi connectivity index (χ2v) is 10.8. The number of carbonyl (C=O) groups is 1. The molecule has 1 heterocycles. The van der Waals surface area contributed by atoms with Crippen molar-refractivity contribution in [3.05, 3.63) is 82.2 Å². The van der Waals surface area contributed by atoms with E-state index in [1.807, 2.05) is 88.6 Å². The zero-order valence-corrected chi connectivity index (χ0v) is 23.5. The molecule has 190 valence electrons. The molecule has 0 bridgehead atoms. The third-order valence-corrected chi connectivity index (χ3v) is 6.06. The van der Waals surface area contributed by atoms with Crippen LogP contribution in [-0.2, 0) is 30.5 Å². The first-order valence-corrected chi connectivity index (χ1v) is 11.6. The Morgan fingerprint density at radius 1 is 0.971 bits per heavy atom. The average molecular weight is 545 g/mol. The molecule has 35 heavy (non-hydrogen) atoms. The van der Waals surface area contributed by atoms with Gasteiger partial charge in [0.1, 0.15) is 5.75 Å². The molecule has 0 saturated heterocycles. The lowest BCUT2D eigenvalue weighted by molar-refractivity contribution is 0.0970. The van der Waals surface area contributed by atoms with Gasteiger partial charge in [0.2, 0.25) is 5.62 Å². The summed E-state index contributed by atoms with van der Waals surface area (Å²) < 4.78 is 3.72. The number of nitrogens with zero attached hydrogens (tertiary/aromatic N) is 3. The number of Topliss-reactive ketones (excluding diaryl/α,β-unsaturated/α-hetero) is 1. The zero-order valence-electron chi connectivity index (χ0n) is 21.8. The van der Waals surface area contributed by atoms with Gasteiger partial charge in [-0.3, -0.25) is 9.79 Å². The van der Waals surface area contributed by atoms with Gasteiger partial charge >= 0.3 is 0 Å². The van der Waals surface area contributed by atoms with Crippen LogP contribution < -0.4 is 5.62 Å². The van der Waals surface area contributed by atoms with Gasteiger partial charge in [-0.15, -0.1) is 17.0 Å². The standard InChI is InChI=1S/C28H37N3O3.BrH/c1-27(2,3)22-13-20(14-23(25(22)34)28(4,5)6)24(33)17-30-16-21(18-32)31(26(30)29-7)15-19-11-9-8-10-12-19;/h8-14,16,32,34H,15,17-18H2,1-7H3;1H/b29-26-;. The van der Waals surface area contributed by atoms with Crippen LogP contribution in [0.25, 0.3) is 0 Å². The third kappa shape index (κ3) is 6.33. The molecule has 0 atom stereocenters. The molecule has 2 N–H and O–H groups in total. The summed E-state index contributed by atoms with van der Waals surface area (Å²) in [6.07, 6.45) is 1.79. The van der Waals surface area contributed by atoms with E-state index in [0.717, 1.165) is 16.7 Å². The highest BCUT2D eigenvalue weighted by Crippen LogP contribution is 2.39. The topological polar surface area (TPSA) is 79.8 Å². The number of hydrogen-bond acceptors (Lipinski definition) is 4. The van der Waals surface area contributed by atoms with Crippen molar-refractivity contribution in [2.75, 3.05) is 7.05 Å². The molecule has 0 spiro atoms. The van der Waals surface area contributed by atoms with Crippen LogP contribution in [0, 0.1) is 0 Å². The number of aliphatic hydroxyl groups excluding tert-OH is 1. The van der Waals surface area contributed by atoms with Crippen LogP contribution in [0.5, 0.6) is 5.75 Å². The van der Waals surface area contributed by atoms with E-state index >= 15 is 0 Å². The highest BCUT2D eigenvalue weighted by atomic mass is 79.9. The number of rotatable bonds is 6. The number of ketones is 1. The van der Waals surface area contributed by atoms with Crippen molar-refractivity contribution in [2.45, 2.75) is 72.1 Å². The van der Waals surface area contributed by atoms with Crippen molar-refractivity contribution in [2.24, 2.45) is 4.99 Å². The highest BCUT2D eigenvalue weighted by Gasteiger charge is 2.28. The van der Waals surface area contributed by atoms with E-state index in [-0.39, 0.29) is 52.5 Å². The number of aromatic nitrogens is 2. The molecule has 0 aliphatic carbocycles. The van der Waals surface area contributed by atoms with E-state index in [1.54, 1.807) is 17.8 Å². The van der Waals surface area contributed by atoms with Crippen LogP contribution in [0.1, 0.15) is 74.3 Å². The summed E-state index contributed by atoms with van der Waals surface area (Å²) in [6, 6.07) is 13.6. The Hall–Kier alpha value is -2.64. The number of halogens is 1. The predicted octanol–water partition coefficient (Wildman–Crippen LogP) is 5.12. The molecular formula is C28H38BrN3O3. The molecule has 3 rings (SSSR count). The van der Waals surface area contributed by atoms with E-state index in [9.17, 15) is 15.0 Å². The number of phenols is 1. The Morgan fingerprint density at radius 2 is 1.51 bits per heavy atom. The van der Waals surface area contributed by atoms with E-state index in [1.165, 1.54) is 0 Å². The van der Waals surface area contributed by atoms with Crippen molar-refractivity contribution in [1.29, 1.82) is 0 Å². The molecule has 0 aliphatic heterocycles. The molecule has 6 nitrogen and oxygen atoms in total. The number of carbonyl (C=O) groups excluding carboxylic acids is 1. The van der Waals surface area contributed by atoms with Gasteiger partial charge in [-0.1, -0.05) is 71.9 Å². The summed E-state index contributed by atoms with van der Waals surface area (Å²) in [4.78, 5) is 17.9. The molecule has 7 heteroatoms. The van der Waals surface area contributed by atoms with E-state index < -0.39 is 0 Å². The Kier molecular flexibility index (Phi) is 8.95. The van der Waals surface area contributed by atoms with Crippen molar-refractivity contribution >= 4 is 22.8 Å². The maximum absolute atomic E-state index is 13.5. The SMILES string of the molecule is Br.C/N=c1/n(CC(=O)c2cc(C(C)(C)C)c(O)c(C(C)(C)C)c2)cc(CO)n1Cc1ccccc1. The molecule has 0 amide bonds. The summed E-state index contributed by atoms with van der Waals surface area (Å²) >= 11 is 0. The van der Waals surface area contributed by atoms with Crippen molar-refractivity contribution in [1.82, 2.24) is 9.13 Å². The van der Waals surface area contributed by atoms with Crippen LogP contribution in [0.15, 0.2) is 53.7 Å². The van der Waals surface area contributed by atoms with Gasteiger partial charge in [-0.05, 0) is 28.5 Å². The fourth-order valence-corrected chi connectivity index (χ4v) is 4.21. The number of aliphatic hydroxyl groups is 1. The van der Waals surface area contributed by atoms with Gasteiger partial charge in [0.15, 0.2) is 5.78 Å². The lowest BCUT2D eigenvalue weighted by Gasteiger charge is -2.28. The fourth-order valence-electron chi connectivity index (χ4n) is 4.21. The average Bonchev–Trinajstić information content (AvgIpc) is 3.08. The van der Waals surface area contributed by atoms with Crippen LogP contribution >= 0.6 is 17.0 Å². The summed E-state index contributed by atoms with van der Waals surface area (Å²) in [5, 5.41) is 21.0. The number of benzene rings is 2. The molecule has 0 unspecified atom stereocenters. The minimum absolute atomic E-state index is 0. The van der Waals surface area contributed by atoms with E-state index in [4.69, 9.17) is 0 Å². The van der Waals surface area contributed by atoms with Gasteiger partial charge < -0.3 is 19.3 Å². The summed E-state index contributed by atoms with van der Waals surface area (Å²) in [5.74, 6) is 0.178. The Bertz CT molecular complexity index is 1210. The molecule has 2 aromatic carbocycles. The molecule has 0 aliphatic rings. The van der Waals surface area contributed by atoms with Crippen LogP contribution in [0.2, 0.25) is 0 Å². The Labute approximate surface area is 218 Å².